The van der Waals surface area contributed by atoms with Crippen LogP contribution < -0.4 is 5.73 Å². The SMILES string of the molecule is Cc1ccc(-c2nc(CN)sc2Br)c(C)c1. The molecule has 1 aromatic heterocycles. The lowest BCUT2D eigenvalue weighted by Crippen LogP contribution is -1.95. The van der Waals surface area contributed by atoms with Crippen molar-refractivity contribution in [3.05, 3.63) is 38.1 Å². The van der Waals surface area contributed by atoms with E-state index in [1.165, 1.54) is 16.7 Å². The molecule has 0 amide bonds. The molecule has 0 bridgehead atoms. The maximum absolute atomic E-state index is 5.60. The van der Waals surface area contributed by atoms with Gasteiger partial charge in [-0.15, -0.1) is 11.3 Å². The van der Waals surface area contributed by atoms with Crippen molar-refractivity contribution >= 4 is 27.3 Å². The van der Waals surface area contributed by atoms with E-state index in [0.717, 1.165) is 14.5 Å². The zero-order valence-corrected chi connectivity index (χ0v) is 11.7. The fourth-order valence-corrected chi connectivity index (χ4v) is 3.22. The number of nitrogens with two attached hydrogens (primary N) is 1. The second kappa shape index (κ2) is 4.65. The summed E-state index contributed by atoms with van der Waals surface area (Å²) in [6.45, 7) is 4.70. The van der Waals surface area contributed by atoms with Crippen molar-refractivity contribution in [3.8, 4) is 11.3 Å². The van der Waals surface area contributed by atoms with Crippen LogP contribution >= 0.6 is 27.3 Å². The van der Waals surface area contributed by atoms with E-state index in [9.17, 15) is 0 Å². The summed E-state index contributed by atoms with van der Waals surface area (Å²) in [4.78, 5) is 4.54. The monoisotopic (exact) mass is 296 g/mol. The predicted octanol–water partition coefficient (Wildman–Crippen LogP) is 3.65. The number of halogens is 1. The number of hydrogen-bond donors (Lipinski definition) is 1. The van der Waals surface area contributed by atoms with Gasteiger partial charge in [0.1, 0.15) is 5.01 Å². The van der Waals surface area contributed by atoms with Gasteiger partial charge in [-0.1, -0.05) is 23.8 Å². The van der Waals surface area contributed by atoms with Gasteiger partial charge in [0.2, 0.25) is 0 Å². The van der Waals surface area contributed by atoms with E-state index in [1.54, 1.807) is 11.3 Å². The minimum atomic E-state index is 0.494. The highest BCUT2D eigenvalue weighted by Crippen LogP contribution is 2.34. The molecule has 84 valence electrons. The largest absolute Gasteiger partial charge is 0.325 e. The van der Waals surface area contributed by atoms with Crippen LogP contribution in [0.5, 0.6) is 0 Å². The van der Waals surface area contributed by atoms with Gasteiger partial charge in [-0.25, -0.2) is 4.98 Å². The topological polar surface area (TPSA) is 38.9 Å². The van der Waals surface area contributed by atoms with E-state index in [4.69, 9.17) is 5.73 Å². The fourth-order valence-electron chi connectivity index (χ4n) is 1.68. The van der Waals surface area contributed by atoms with Crippen LogP contribution in [0.15, 0.2) is 22.0 Å². The van der Waals surface area contributed by atoms with Gasteiger partial charge in [0.05, 0.1) is 9.48 Å². The lowest BCUT2D eigenvalue weighted by Gasteiger charge is -2.04. The number of aryl methyl sites for hydroxylation is 2. The number of aromatic nitrogens is 1. The summed E-state index contributed by atoms with van der Waals surface area (Å²) in [5.41, 5.74) is 10.3. The summed E-state index contributed by atoms with van der Waals surface area (Å²) < 4.78 is 1.06. The normalized spacial score (nSPS) is 10.8. The van der Waals surface area contributed by atoms with Crippen molar-refractivity contribution in [2.24, 2.45) is 5.73 Å². The van der Waals surface area contributed by atoms with Crippen LogP contribution in [0.4, 0.5) is 0 Å². The Morgan fingerprint density at radius 3 is 2.69 bits per heavy atom. The van der Waals surface area contributed by atoms with E-state index in [0.29, 0.717) is 6.54 Å². The maximum atomic E-state index is 5.60. The second-order valence-electron chi connectivity index (χ2n) is 3.75. The molecule has 1 heterocycles. The molecule has 16 heavy (non-hydrogen) atoms. The Bertz CT molecular complexity index is 520. The summed E-state index contributed by atoms with van der Waals surface area (Å²) >= 11 is 5.15. The van der Waals surface area contributed by atoms with Gasteiger partial charge in [0, 0.05) is 12.1 Å². The van der Waals surface area contributed by atoms with Crippen LogP contribution in [0.1, 0.15) is 16.1 Å². The van der Waals surface area contributed by atoms with Gasteiger partial charge in [-0.05, 0) is 35.3 Å². The van der Waals surface area contributed by atoms with E-state index in [-0.39, 0.29) is 0 Å². The molecular weight excluding hydrogens is 284 g/mol. The minimum absolute atomic E-state index is 0.494. The van der Waals surface area contributed by atoms with Gasteiger partial charge in [0.25, 0.3) is 0 Å². The Morgan fingerprint density at radius 2 is 2.12 bits per heavy atom. The average molecular weight is 297 g/mol. The molecule has 0 saturated carbocycles. The maximum Gasteiger partial charge on any atom is 0.108 e. The van der Waals surface area contributed by atoms with Gasteiger partial charge < -0.3 is 5.73 Å². The molecule has 0 aliphatic carbocycles. The summed E-state index contributed by atoms with van der Waals surface area (Å²) in [5, 5.41) is 0.960. The van der Waals surface area contributed by atoms with Crippen molar-refractivity contribution in [1.29, 1.82) is 0 Å². The highest BCUT2D eigenvalue weighted by Gasteiger charge is 2.12. The van der Waals surface area contributed by atoms with Gasteiger partial charge in [-0.2, -0.15) is 0 Å². The molecule has 0 aliphatic heterocycles. The molecule has 2 aromatic rings. The second-order valence-corrected chi connectivity index (χ2v) is 6.15. The van der Waals surface area contributed by atoms with Gasteiger partial charge in [-0.3, -0.25) is 0 Å². The molecule has 4 heteroatoms. The number of benzene rings is 1. The fraction of sp³-hybridized carbons (Fsp3) is 0.250. The third kappa shape index (κ3) is 2.19. The van der Waals surface area contributed by atoms with Gasteiger partial charge >= 0.3 is 0 Å². The van der Waals surface area contributed by atoms with Crippen molar-refractivity contribution in [2.45, 2.75) is 20.4 Å². The third-order valence-corrected chi connectivity index (χ3v) is 4.17. The third-order valence-electron chi connectivity index (χ3n) is 2.44. The van der Waals surface area contributed by atoms with Crippen LogP contribution in [0, 0.1) is 13.8 Å². The molecule has 0 atom stereocenters. The van der Waals surface area contributed by atoms with E-state index in [2.05, 4.69) is 53.0 Å². The van der Waals surface area contributed by atoms with Crippen LogP contribution in [0.25, 0.3) is 11.3 Å². The molecule has 0 unspecified atom stereocenters. The van der Waals surface area contributed by atoms with Gasteiger partial charge in [0.15, 0.2) is 0 Å². The smallest absolute Gasteiger partial charge is 0.108 e. The quantitative estimate of drug-likeness (QED) is 0.919. The molecule has 2 N–H and O–H groups in total. The van der Waals surface area contributed by atoms with E-state index in [1.807, 2.05) is 0 Å². The van der Waals surface area contributed by atoms with Crippen molar-refractivity contribution in [2.75, 3.05) is 0 Å². The number of rotatable bonds is 2. The standard InChI is InChI=1S/C12H13BrN2S/c1-7-3-4-9(8(2)5-7)11-12(13)16-10(6-14)15-11/h3-5H,6,14H2,1-2H3. The number of thiazole rings is 1. The summed E-state index contributed by atoms with van der Waals surface area (Å²) in [6.07, 6.45) is 0. The van der Waals surface area contributed by atoms with Crippen LogP contribution in [-0.4, -0.2) is 4.98 Å². The van der Waals surface area contributed by atoms with Crippen molar-refractivity contribution in [1.82, 2.24) is 4.98 Å². The Labute approximate surface area is 108 Å². The molecule has 2 nitrogen and oxygen atoms in total. The highest BCUT2D eigenvalue weighted by molar-refractivity contribution is 9.11. The Kier molecular flexibility index (Phi) is 3.42. The molecule has 0 saturated heterocycles. The predicted molar refractivity (Wildman–Crippen MR) is 72.6 cm³/mol. The molecule has 0 spiro atoms. The van der Waals surface area contributed by atoms with E-state index >= 15 is 0 Å². The first kappa shape index (κ1) is 11.8. The molecule has 1 aromatic carbocycles. The van der Waals surface area contributed by atoms with Crippen molar-refractivity contribution in [3.63, 3.8) is 0 Å². The molecule has 0 radical (unpaired) electrons. The van der Waals surface area contributed by atoms with Crippen molar-refractivity contribution < 1.29 is 0 Å². The zero-order chi connectivity index (χ0) is 11.7. The zero-order valence-electron chi connectivity index (χ0n) is 9.25. The molecular formula is C12H13BrN2S. The van der Waals surface area contributed by atoms with E-state index < -0.39 is 0 Å². The lowest BCUT2D eigenvalue weighted by atomic mass is 10.0. The average Bonchev–Trinajstić information content (AvgIpc) is 2.60. The van der Waals surface area contributed by atoms with Crippen LogP contribution in [0.2, 0.25) is 0 Å². The summed E-state index contributed by atoms with van der Waals surface area (Å²) in [5.74, 6) is 0. The summed E-state index contributed by atoms with van der Waals surface area (Å²) in [7, 11) is 0. The highest BCUT2D eigenvalue weighted by atomic mass is 79.9. The summed E-state index contributed by atoms with van der Waals surface area (Å²) in [6, 6.07) is 6.39. The van der Waals surface area contributed by atoms with Crippen LogP contribution in [-0.2, 0) is 6.54 Å². The Morgan fingerprint density at radius 1 is 1.38 bits per heavy atom. The first-order chi connectivity index (χ1) is 7.61. The molecule has 0 aliphatic rings. The lowest BCUT2D eigenvalue weighted by molar-refractivity contribution is 1.04. The first-order valence-corrected chi connectivity index (χ1v) is 6.65. The first-order valence-electron chi connectivity index (χ1n) is 5.04. The molecule has 0 fully saturated rings. The Balaban J connectivity index is 2.53. The minimum Gasteiger partial charge on any atom is -0.325 e. The van der Waals surface area contributed by atoms with Crippen LogP contribution in [0.3, 0.4) is 0 Å². The number of hydrogen-bond acceptors (Lipinski definition) is 3. The number of nitrogens with zero attached hydrogens (tertiary/aromatic N) is 1. The molecule has 2 rings (SSSR count). The Hall–Kier alpha value is -0.710.